The summed E-state index contributed by atoms with van der Waals surface area (Å²) in [4.78, 5) is 0. The predicted octanol–water partition coefficient (Wildman–Crippen LogP) is 4.81. The summed E-state index contributed by atoms with van der Waals surface area (Å²) in [6, 6.07) is 11.3. The zero-order valence-electron chi connectivity index (χ0n) is 14.3. The molecule has 0 saturated carbocycles. The first-order chi connectivity index (χ1) is 12.1. The molecular formula is C19H18Cl2FN3O. The molecule has 0 aliphatic heterocycles. The standard InChI is InChI=1S/C19H18Cl2FN3O/c1-19(2,23)18-10-13(7-11-3-6-17(26)15(22)8-11)25(24-18)16-5-4-12(20)9-14(16)21/h3-6,8-10,26H,7,23H2,1-2H3. The Hall–Kier alpha value is -2.08. The van der Waals surface area contributed by atoms with Gasteiger partial charge in [0.05, 0.1) is 21.9 Å². The molecule has 0 amide bonds. The van der Waals surface area contributed by atoms with Gasteiger partial charge in [0.2, 0.25) is 0 Å². The second-order valence-corrected chi connectivity index (χ2v) is 7.56. The zero-order valence-corrected chi connectivity index (χ0v) is 15.8. The molecule has 136 valence electrons. The fraction of sp³-hybridized carbons (Fsp3) is 0.211. The Bertz CT molecular complexity index is 964. The van der Waals surface area contributed by atoms with Crippen LogP contribution in [-0.4, -0.2) is 14.9 Å². The first kappa shape index (κ1) is 18.7. The van der Waals surface area contributed by atoms with E-state index in [9.17, 15) is 9.50 Å². The van der Waals surface area contributed by atoms with Gasteiger partial charge in [0, 0.05) is 17.1 Å². The predicted molar refractivity (Wildman–Crippen MR) is 102 cm³/mol. The Morgan fingerprint density at radius 1 is 1.15 bits per heavy atom. The van der Waals surface area contributed by atoms with Crippen molar-refractivity contribution in [3.05, 3.63) is 75.3 Å². The van der Waals surface area contributed by atoms with Gasteiger partial charge in [-0.3, -0.25) is 0 Å². The summed E-state index contributed by atoms with van der Waals surface area (Å²) in [5.74, 6) is -1.05. The van der Waals surface area contributed by atoms with Gasteiger partial charge in [-0.1, -0.05) is 29.3 Å². The van der Waals surface area contributed by atoms with E-state index in [1.807, 2.05) is 19.9 Å². The average Bonchev–Trinajstić information content (AvgIpc) is 2.95. The molecule has 26 heavy (non-hydrogen) atoms. The first-order valence-corrected chi connectivity index (χ1v) is 8.72. The van der Waals surface area contributed by atoms with Gasteiger partial charge in [-0.15, -0.1) is 0 Å². The SMILES string of the molecule is CC(C)(N)c1cc(Cc2ccc(O)c(F)c2)n(-c2ccc(Cl)cc2Cl)n1. The smallest absolute Gasteiger partial charge is 0.165 e. The quantitative estimate of drug-likeness (QED) is 0.668. The molecule has 3 N–H and O–H groups in total. The van der Waals surface area contributed by atoms with Crippen LogP contribution in [0.2, 0.25) is 10.0 Å². The Kier molecular flexibility index (Phi) is 4.97. The summed E-state index contributed by atoms with van der Waals surface area (Å²) >= 11 is 12.3. The number of phenolic OH excluding ortho intramolecular Hbond substituents is 1. The molecule has 0 fully saturated rings. The lowest BCUT2D eigenvalue weighted by Crippen LogP contribution is -2.29. The summed E-state index contributed by atoms with van der Waals surface area (Å²) < 4.78 is 15.4. The molecule has 0 radical (unpaired) electrons. The summed E-state index contributed by atoms with van der Waals surface area (Å²) in [6.45, 7) is 3.71. The number of hydrogen-bond donors (Lipinski definition) is 2. The van der Waals surface area contributed by atoms with Crippen molar-refractivity contribution >= 4 is 23.2 Å². The minimum absolute atomic E-state index is 0.383. The maximum Gasteiger partial charge on any atom is 0.165 e. The van der Waals surface area contributed by atoms with Crippen molar-refractivity contribution in [3.8, 4) is 11.4 Å². The lowest BCUT2D eigenvalue weighted by molar-refractivity contribution is 0.432. The van der Waals surface area contributed by atoms with E-state index in [0.29, 0.717) is 33.4 Å². The molecule has 4 nitrogen and oxygen atoms in total. The highest BCUT2D eigenvalue weighted by molar-refractivity contribution is 6.35. The third kappa shape index (κ3) is 3.85. The van der Waals surface area contributed by atoms with Crippen LogP contribution in [0.5, 0.6) is 5.75 Å². The van der Waals surface area contributed by atoms with Crippen LogP contribution in [0.1, 0.15) is 30.8 Å². The second kappa shape index (κ2) is 6.91. The molecule has 3 aromatic rings. The van der Waals surface area contributed by atoms with E-state index >= 15 is 0 Å². The molecule has 1 heterocycles. The van der Waals surface area contributed by atoms with E-state index in [2.05, 4.69) is 5.10 Å². The van der Waals surface area contributed by atoms with Gasteiger partial charge in [0.1, 0.15) is 0 Å². The molecule has 0 spiro atoms. The van der Waals surface area contributed by atoms with Crippen molar-refractivity contribution in [2.75, 3.05) is 0 Å². The second-order valence-electron chi connectivity index (χ2n) is 6.71. The van der Waals surface area contributed by atoms with Gasteiger partial charge in [-0.2, -0.15) is 5.10 Å². The van der Waals surface area contributed by atoms with Crippen molar-refractivity contribution in [3.63, 3.8) is 0 Å². The van der Waals surface area contributed by atoms with Gasteiger partial charge in [-0.05, 0) is 55.8 Å². The van der Waals surface area contributed by atoms with Crippen LogP contribution >= 0.6 is 23.2 Å². The maximum atomic E-state index is 13.7. The Morgan fingerprint density at radius 3 is 2.50 bits per heavy atom. The van der Waals surface area contributed by atoms with Crippen LogP contribution in [0.15, 0.2) is 42.5 Å². The Labute approximate surface area is 161 Å². The number of nitrogens with zero attached hydrogens (tertiary/aromatic N) is 2. The van der Waals surface area contributed by atoms with Crippen LogP contribution in [0.3, 0.4) is 0 Å². The minimum atomic E-state index is -0.669. The zero-order chi connectivity index (χ0) is 19.1. The Morgan fingerprint density at radius 2 is 1.88 bits per heavy atom. The number of nitrogens with two attached hydrogens (primary N) is 1. The maximum absolute atomic E-state index is 13.7. The highest BCUT2D eigenvalue weighted by Crippen LogP contribution is 2.28. The molecule has 0 saturated heterocycles. The van der Waals surface area contributed by atoms with Crippen LogP contribution in [-0.2, 0) is 12.0 Å². The number of benzene rings is 2. The van der Waals surface area contributed by atoms with Gasteiger partial charge >= 0.3 is 0 Å². The third-order valence-corrected chi connectivity index (χ3v) is 4.52. The number of aromatic hydroxyl groups is 1. The van der Waals surface area contributed by atoms with Crippen LogP contribution in [0.25, 0.3) is 5.69 Å². The molecule has 0 unspecified atom stereocenters. The van der Waals surface area contributed by atoms with Crippen molar-refractivity contribution in [1.82, 2.24) is 9.78 Å². The number of phenols is 1. The minimum Gasteiger partial charge on any atom is -0.505 e. The molecule has 0 bridgehead atoms. The van der Waals surface area contributed by atoms with Crippen molar-refractivity contribution in [2.45, 2.75) is 25.8 Å². The summed E-state index contributed by atoms with van der Waals surface area (Å²) in [6.07, 6.45) is 0.388. The molecule has 7 heteroatoms. The average molecular weight is 394 g/mol. The van der Waals surface area contributed by atoms with E-state index in [1.165, 1.54) is 12.1 Å². The van der Waals surface area contributed by atoms with Gasteiger partial charge in [0.15, 0.2) is 11.6 Å². The fourth-order valence-corrected chi connectivity index (χ4v) is 3.08. The molecular weight excluding hydrogens is 376 g/mol. The lowest BCUT2D eigenvalue weighted by Gasteiger charge is -2.14. The number of rotatable bonds is 4. The third-order valence-electron chi connectivity index (χ3n) is 3.98. The van der Waals surface area contributed by atoms with Crippen LogP contribution in [0.4, 0.5) is 4.39 Å². The molecule has 0 aliphatic rings. The van der Waals surface area contributed by atoms with Gasteiger partial charge < -0.3 is 10.8 Å². The highest BCUT2D eigenvalue weighted by Gasteiger charge is 2.22. The molecule has 3 rings (SSSR count). The van der Waals surface area contributed by atoms with E-state index in [-0.39, 0.29) is 5.75 Å². The van der Waals surface area contributed by atoms with Crippen molar-refractivity contribution < 1.29 is 9.50 Å². The first-order valence-electron chi connectivity index (χ1n) is 7.96. The van der Waals surface area contributed by atoms with E-state index in [4.69, 9.17) is 28.9 Å². The Balaban J connectivity index is 2.10. The summed E-state index contributed by atoms with van der Waals surface area (Å²) in [5.41, 5.74) is 8.34. The molecule has 0 aliphatic carbocycles. The van der Waals surface area contributed by atoms with Crippen molar-refractivity contribution in [1.29, 1.82) is 0 Å². The van der Waals surface area contributed by atoms with Crippen molar-refractivity contribution in [2.24, 2.45) is 5.73 Å². The lowest BCUT2D eigenvalue weighted by atomic mass is 10.0. The largest absolute Gasteiger partial charge is 0.505 e. The van der Waals surface area contributed by atoms with Gasteiger partial charge in [-0.25, -0.2) is 9.07 Å². The topological polar surface area (TPSA) is 64.1 Å². The fourth-order valence-electron chi connectivity index (χ4n) is 2.59. The number of aromatic nitrogens is 2. The van der Waals surface area contributed by atoms with Crippen LogP contribution in [0, 0.1) is 5.82 Å². The number of hydrogen-bond acceptors (Lipinski definition) is 3. The van der Waals surface area contributed by atoms with E-state index in [1.54, 1.807) is 28.9 Å². The molecule has 2 aromatic carbocycles. The van der Waals surface area contributed by atoms with E-state index in [0.717, 1.165) is 5.69 Å². The number of halogens is 3. The molecule has 1 aromatic heterocycles. The monoisotopic (exact) mass is 393 g/mol. The highest BCUT2D eigenvalue weighted by atomic mass is 35.5. The normalized spacial score (nSPS) is 11.8. The summed E-state index contributed by atoms with van der Waals surface area (Å²) in [7, 11) is 0. The molecule has 0 atom stereocenters. The van der Waals surface area contributed by atoms with Crippen LogP contribution < -0.4 is 5.73 Å². The van der Waals surface area contributed by atoms with E-state index < -0.39 is 11.4 Å². The van der Waals surface area contributed by atoms with Gasteiger partial charge in [0.25, 0.3) is 0 Å². The summed E-state index contributed by atoms with van der Waals surface area (Å²) in [5, 5.41) is 14.9.